The van der Waals surface area contributed by atoms with Crippen LogP contribution in [0.1, 0.15) is 17.2 Å². The molecule has 2 N–H and O–H groups in total. The Morgan fingerprint density at radius 3 is 2.07 bits per heavy atom. The molecule has 4 rings (SSSR count). The zero-order valence-electron chi connectivity index (χ0n) is 16.5. The van der Waals surface area contributed by atoms with E-state index in [0.29, 0.717) is 5.75 Å². The standard InChI is InChI=1S/C17H19NO2.C6H6O3S/c19-16-8-6-15(7-9-16)17-13-18(10-11-20-17)12-14-4-2-1-3-5-14;7-10(8,9)6-4-2-1-3-5-6/h1-9,17,19H,10-13H2;1-5H,(H,7,8,9)/t17-;/m1./s1. The summed E-state index contributed by atoms with van der Waals surface area (Å²) in [6, 6.07) is 25.2. The van der Waals surface area contributed by atoms with E-state index in [-0.39, 0.29) is 11.0 Å². The lowest BCUT2D eigenvalue weighted by Crippen LogP contribution is -2.37. The Morgan fingerprint density at radius 2 is 1.50 bits per heavy atom. The van der Waals surface area contributed by atoms with Crippen molar-refractivity contribution >= 4 is 10.1 Å². The number of morpholine rings is 1. The maximum atomic E-state index is 10.4. The molecule has 1 saturated heterocycles. The normalized spacial score (nSPS) is 17.0. The maximum Gasteiger partial charge on any atom is 0.294 e. The highest BCUT2D eigenvalue weighted by atomic mass is 32.2. The molecule has 1 aliphatic heterocycles. The third-order valence-corrected chi connectivity index (χ3v) is 5.57. The molecule has 0 spiro atoms. The van der Waals surface area contributed by atoms with Gasteiger partial charge in [0.15, 0.2) is 0 Å². The van der Waals surface area contributed by atoms with E-state index >= 15 is 0 Å². The van der Waals surface area contributed by atoms with Crippen LogP contribution in [0.4, 0.5) is 0 Å². The van der Waals surface area contributed by atoms with Crippen LogP contribution in [-0.2, 0) is 21.4 Å². The van der Waals surface area contributed by atoms with Gasteiger partial charge in [-0.1, -0.05) is 60.7 Å². The molecule has 1 aliphatic rings. The fourth-order valence-corrected chi connectivity index (χ4v) is 3.67. The van der Waals surface area contributed by atoms with E-state index in [9.17, 15) is 13.5 Å². The van der Waals surface area contributed by atoms with E-state index in [1.54, 1.807) is 30.3 Å². The number of hydrogen-bond acceptors (Lipinski definition) is 5. The van der Waals surface area contributed by atoms with Gasteiger partial charge in [0, 0.05) is 19.6 Å². The van der Waals surface area contributed by atoms with Crippen LogP contribution in [0, 0.1) is 0 Å². The summed E-state index contributed by atoms with van der Waals surface area (Å²) >= 11 is 0. The second-order valence-corrected chi connectivity index (χ2v) is 8.38. The van der Waals surface area contributed by atoms with Crippen LogP contribution >= 0.6 is 0 Å². The van der Waals surface area contributed by atoms with Crippen molar-refractivity contribution in [3.63, 3.8) is 0 Å². The van der Waals surface area contributed by atoms with Crippen LogP contribution in [0.15, 0.2) is 89.8 Å². The van der Waals surface area contributed by atoms with Gasteiger partial charge in [0.2, 0.25) is 0 Å². The molecule has 1 heterocycles. The minimum absolute atomic E-state index is 0.0741. The fourth-order valence-electron chi connectivity index (χ4n) is 3.17. The Bertz CT molecular complexity index is 1010. The summed E-state index contributed by atoms with van der Waals surface area (Å²) in [5.41, 5.74) is 2.46. The van der Waals surface area contributed by atoms with E-state index < -0.39 is 10.1 Å². The first-order valence-electron chi connectivity index (χ1n) is 9.61. The zero-order valence-corrected chi connectivity index (χ0v) is 17.3. The lowest BCUT2D eigenvalue weighted by Gasteiger charge is -2.33. The molecule has 3 aromatic carbocycles. The molecule has 0 saturated carbocycles. The van der Waals surface area contributed by atoms with Gasteiger partial charge in [-0.15, -0.1) is 0 Å². The van der Waals surface area contributed by atoms with Gasteiger partial charge in [-0.3, -0.25) is 9.45 Å². The van der Waals surface area contributed by atoms with Crippen LogP contribution in [-0.4, -0.2) is 42.7 Å². The predicted octanol–water partition coefficient (Wildman–Crippen LogP) is 3.90. The molecule has 30 heavy (non-hydrogen) atoms. The third-order valence-electron chi connectivity index (χ3n) is 4.71. The minimum atomic E-state index is -4.00. The number of phenols is 1. The Balaban J connectivity index is 0.000000216. The molecular weight excluding hydrogens is 402 g/mol. The van der Waals surface area contributed by atoms with Crippen molar-refractivity contribution in [2.75, 3.05) is 19.7 Å². The highest BCUT2D eigenvalue weighted by molar-refractivity contribution is 7.85. The summed E-state index contributed by atoms with van der Waals surface area (Å²) in [5, 5.41) is 9.35. The SMILES string of the molecule is O=S(=O)(O)c1ccccc1.Oc1ccc([C@H]2CN(Cc3ccccc3)CCO2)cc1. The Hall–Kier alpha value is -2.71. The molecule has 0 aromatic heterocycles. The Morgan fingerprint density at radius 1 is 0.900 bits per heavy atom. The van der Waals surface area contributed by atoms with Gasteiger partial charge in [0.25, 0.3) is 10.1 Å². The molecule has 1 fully saturated rings. The monoisotopic (exact) mass is 427 g/mol. The van der Waals surface area contributed by atoms with Crippen molar-refractivity contribution in [3.8, 4) is 5.75 Å². The number of nitrogens with zero attached hydrogens (tertiary/aromatic N) is 1. The van der Waals surface area contributed by atoms with Gasteiger partial charge in [-0.25, -0.2) is 0 Å². The van der Waals surface area contributed by atoms with Crippen LogP contribution in [0.2, 0.25) is 0 Å². The summed E-state index contributed by atoms with van der Waals surface area (Å²) in [4.78, 5) is 2.34. The Kier molecular flexibility index (Phi) is 7.59. The molecule has 0 unspecified atom stereocenters. The second-order valence-electron chi connectivity index (χ2n) is 6.96. The zero-order chi connectivity index (χ0) is 21.4. The number of aromatic hydroxyl groups is 1. The lowest BCUT2D eigenvalue weighted by molar-refractivity contribution is -0.0329. The quantitative estimate of drug-likeness (QED) is 0.614. The van der Waals surface area contributed by atoms with Crippen molar-refractivity contribution in [2.24, 2.45) is 0 Å². The van der Waals surface area contributed by atoms with Crippen molar-refractivity contribution in [1.29, 1.82) is 0 Å². The van der Waals surface area contributed by atoms with E-state index in [4.69, 9.17) is 9.29 Å². The summed E-state index contributed by atoms with van der Waals surface area (Å²) < 4.78 is 35.1. The van der Waals surface area contributed by atoms with Crippen LogP contribution < -0.4 is 0 Å². The number of rotatable bonds is 4. The topological polar surface area (TPSA) is 87.1 Å². The minimum Gasteiger partial charge on any atom is -0.508 e. The molecule has 6 nitrogen and oxygen atoms in total. The van der Waals surface area contributed by atoms with Gasteiger partial charge in [0.1, 0.15) is 5.75 Å². The van der Waals surface area contributed by atoms with Crippen molar-refractivity contribution in [2.45, 2.75) is 17.5 Å². The first kappa shape index (κ1) is 22.0. The average molecular weight is 428 g/mol. The molecule has 158 valence electrons. The van der Waals surface area contributed by atoms with Crippen molar-refractivity contribution in [3.05, 3.63) is 96.1 Å². The summed E-state index contributed by atoms with van der Waals surface area (Å²) in [5.74, 6) is 0.297. The van der Waals surface area contributed by atoms with E-state index in [1.807, 2.05) is 18.2 Å². The van der Waals surface area contributed by atoms with Gasteiger partial charge in [-0.05, 0) is 35.4 Å². The lowest BCUT2D eigenvalue weighted by atomic mass is 10.1. The van der Waals surface area contributed by atoms with Gasteiger partial charge in [0.05, 0.1) is 17.6 Å². The molecule has 7 heteroatoms. The Labute approximate surface area is 177 Å². The molecule has 0 aliphatic carbocycles. The molecule has 0 radical (unpaired) electrons. The van der Waals surface area contributed by atoms with E-state index in [1.165, 1.54) is 17.7 Å². The van der Waals surface area contributed by atoms with Gasteiger partial charge >= 0.3 is 0 Å². The average Bonchev–Trinajstić information content (AvgIpc) is 2.76. The molecule has 0 amide bonds. The van der Waals surface area contributed by atoms with Crippen LogP contribution in [0.3, 0.4) is 0 Å². The second kappa shape index (κ2) is 10.4. The van der Waals surface area contributed by atoms with E-state index in [2.05, 4.69) is 29.2 Å². The smallest absolute Gasteiger partial charge is 0.294 e. The van der Waals surface area contributed by atoms with Gasteiger partial charge in [-0.2, -0.15) is 8.42 Å². The molecular formula is C23H25NO5S. The first-order valence-corrected chi connectivity index (χ1v) is 11.0. The number of phenolic OH excluding ortho intramolecular Hbond substituents is 1. The maximum absolute atomic E-state index is 10.4. The van der Waals surface area contributed by atoms with E-state index in [0.717, 1.165) is 31.8 Å². The largest absolute Gasteiger partial charge is 0.508 e. The molecule has 3 aromatic rings. The fraction of sp³-hybridized carbons (Fsp3) is 0.217. The summed E-state index contributed by atoms with van der Waals surface area (Å²) in [6.45, 7) is 3.56. The number of benzene rings is 3. The summed E-state index contributed by atoms with van der Waals surface area (Å²) in [7, 11) is -4.00. The van der Waals surface area contributed by atoms with Crippen molar-refractivity contribution < 1.29 is 22.8 Å². The number of hydrogen-bond donors (Lipinski definition) is 2. The number of ether oxygens (including phenoxy) is 1. The molecule has 1 atom stereocenters. The predicted molar refractivity (Wildman–Crippen MR) is 115 cm³/mol. The van der Waals surface area contributed by atoms with Gasteiger partial charge < -0.3 is 9.84 Å². The highest BCUT2D eigenvalue weighted by Gasteiger charge is 2.21. The van der Waals surface area contributed by atoms with Crippen LogP contribution in [0.25, 0.3) is 0 Å². The third kappa shape index (κ3) is 6.67. The molecule has 0 bridgehead atoms. The van der Waals surface area contributed by atoms with Crippen LogP contribution in [0.5, 0.6) is 5.75 Å². The first-order chi connectivity index (χ1) is 14.4. The van der Waals surface area contributed by atoms with Crippen molar-refractivity contribution in [1.82, 2.24) is 4.90 Å². The summed E-state index contributed by atoms with van der Waals surface area (Å²) in [6.07, 6.45) is 0.0908. The highest BCUT2D eigenvalue weighted by Crippen LogP contribution is 2.24.